The van der Waals surface area contributed by atoms with E-state index >= 15 is 0 Å². The summed E-state index contributed by atoms with van der Waals surface area (Å²) in [6.07, 6.45) is 67.9. The van der Waals surface area contributed by atoms with Crippen LogP contribution in [0.4, 0.5) is 0 Å². The molecule has 3 N–H and O–H groups in total. The van der Waals surface area contributed by atoms with Gasteiger partial charge in [-0.2, -0.15) is 0 Å². The number of carbonyl (C=O) groups excluding carboxylic acids is 3. The van der Waals surface area contributed by atoms with Crippen molar-refractivity contribution in [2.75, 3.05) is 13.2 Å². The van der Waals surface area contributed by atoms with Crippen molar-refractivity contribution < 1.29 is 58.2 Å². The van der Waals surface area contributed by atoms with Gasteiger partial charge in [0.1, 0.15) is 18.8 Å². The quantitative estimate of drug-likeness (QED) is 0.0228. The molecule has 0 aromatic rings. The molecule has 0 spiro atoms. The first-order valence-electron chi connectivity index (χ1n) is 30.5. The van der Waals surface area contributed by atoms with Crippen LogP contribution in [0.3, 0.4) is 0 Å². The van der Waals surface area contributed by atoms with E-state index in [1.165, 1.54) is 19.3 Å². The van der Waals surface area contributed by atoms with Gasteiger partial charge >= 0.3 is 23.9 Å². The van der Waals surface area contributed by atoms with Gasteiger partial charge in [0.15, 0.2) is 24.6 Å². The Balaban J connectivity index is 2.79. The monoisotopic (exact) mass is 1120 g/mol. The maximum absolute atomic E-state index is 13.2. The molecule has 0 aromatic carbocycles. The Kier molecular flexibility index (Phi) is 49.7. The summed E-state index contributed by atoms with van der Waals surface area (Å²) in [6, 6.07) is 0. The summed E-state index contributed by atoms with van der Waals surface area (Å²) < 4.78 is 28.3. The van der Waals surface area contributed by atoms with Gasteiger partial charge < -0.3 is 39.0 Å². The van der Waals surface area contributed by atoms with E-state index in [-0.39, 0.29) is 25.9 Å². The molecule has 81 heavy (non-hydrogen) atoms. The molecule has 0 radical (unpaired) electrons. The third-order valence-corrected chi connectivity index (χ3v) is 12.6. The number of unbranched alkanes of at least 4 members (excludes halogenated alkanes) is 9. The lowest BCUT2D eigenvalue weighted by molar-refractivity contribution is -0.301. The van der Waals surface area contributed by atoms with Gasteiger partial charge in [-0.1, -0.05) is 211 Å². The van der Waals surface area contributed by atoms with E-state index in [0.29, 0.717) is 32.1 Å². The van der Waals surface area contributed by atoms with Gasteiger partial charge in [0.05, 0.1) is 6.61 Å². The van der Waals surface area contributed by atoms with Crippen LogP contribution in [0.5, 0.6) is 0 Å². The van der Waals surface area contributed by atoms with Crippen LogP contribution in [0.15, 0.2) is 158 Å². The molecule has 1 saturated heterocycles. The fourth-order valence-electron chi connectivity index (χ4n) is 7.99. The van der Waals surface area contributed by atoms with Gasteiger partial charge in [0, 0.05) is 19.3 Å². The Hall–Kier alpha value is -5.66. The van der Waals surface area contributed by atoms with Crippen molar-refractivity contribution in [3.63, 3.8) is 0 Å². The first kappa shape index (κ1) is 73.4. The van der Waals surface area contributed by atoms with Crippen molar-refractivity contribution in [2.24, 2.45) is 0 Å². The van der Waals surface area contributed by atoms with E-state index in [9.17, 15) is 34.5 Å². The number of carbonyl (C=O) groups is 4. The fourth-order valence-corrected chi connectivity index (χ4v) is 7.99. The molecule has 1 aliphatic heterocycles. The zero-order valence-electron chi connectivity index (χ0n) is 49.7. The number of aliphatic carboxylic acids is 1. The van der Waals surface area contributed by atoms with Gasteiger partial charge in [0.2, 0.25) is 0 Å². The zero-order chi connectivity index (χ0) is 58.9. The highest BCUT2D eigenvalue weighted by Crippen LogP contribution is 2.26. The molecule has 452 valence electrons. The zero-order valence-corrected chi connectivity index (χ0v) is 49.7. The minimum absolute atomic E-state index is 0.0813. The number of rotatable bonds is 49. The average Bonchev–Trinajstić information content (AvgIpc) is 3.54. The number of carboxylic acid groups (broad SMARTS) is 1. The van der Waals surface area contributed by atoms with Crippen LogP contribution in [0.2, 0.25) is 0 Å². The summed E-state index contributed by atoms with van der Waals surface area (Å²) in [7, 11) is 0. The Bertz CT molecular complexity index is 2010. The predicted molar refractivity (Wildman–Crippen MR) is 330 cm³/mol. The van der Waals surface area contributed by atoms with E-state index in [0.717, 1.165) is 109 Å². The van der Waals surface area contributed by atoms with Crippen molar-refractivity contribution >= 4 is 23.9 Å². The lowest BCUT2D eigenvalue weighted by Crippen LogP contribution is -2.61. The summed E-state index contributed by atoms with van der Waals surface area (Å²) >= 11 is 0. The second-order valence-electron chi connectivity index (χ2n) is 19.9. The van der Waals surface area contributed by atoms with E-state index in [2.05, 4.69) is 154 Å². The van der Waals surface area contributed by atoms with Gasteiger partial charge in [0.25, 0.3) is 0 Å². The van der Waals surface area contributed by atoms with E-state index in [4.69, 9.17) is 23.7 Å². The van der Waals surface area contributed by atoms with Crippen molar-refractivity contribution in [1.29, 1.82) is 0 Å². The normalized spacial score (nSPS) is 18.9. The lowest BCUT2D eigenvalue weighted by atomic mass is 9.98. The Morgan fingerprint density at radius 2 is 0.815 bits per heavy atom. The molecule has 1 aliphatic rings. The molecule has 1 fully saturated rings. The van der Waals surface area contributed by atoms with Gasteiger partial charge in [-0.15, -0.1) is 0 Å². The van der Waals surface area contributed by atoms with Gasteiger partial charge in [-0.25, -0.2) is 4.79 Å². The summed E-state index contributed by atoms with van der Waals surface area (Å²) in [4.78, 5) is 51.2. The van der Waals surface area contributed by atoms with E-state index in [1.54, 1.807) is 0 Å². The Morgan fingerprint density at radius 1 is 0.420 bits per heavy atom. The van der Waals surface area contributed by atoms with Crippen LogP contribution in [0.1, 0.15) is 201 Å². The number of esters is 3. The molecule has 12 nitrogen and oxygen atoms in total. The van der Waals surface area contributed by atoms with Gasteiger partial charge in [-0.05, 0) is 128 Å². The summed E-state index contributed by atoms with van der Waals surface area (Å²) in [5.41, 5.74) is 0. The van der Waals surface area contributed by atoms with Crippen LogP contribution in [-0.2, 0) is 42.9 Å². The average molecular weight is 1130 g/mol. The molecule has 0 amide bonds. The molecular weight excluding hydrogens is 1020 g/mol. The van der Waals surface area contributed by atoms with Crippen molar-refractivity contribution in [3.8, 4) is 0 Å². The molecular formula is C69H104O12. The third-order valence-electron chi connectivity index (χ3n) is 12.6. The summed E-state index contributed by atoms with van der Waals surface area (Å²) in [5.74, 6) is -3.36. The van der Waals surface area contributed by atoms with Crippen LogP contribution in [0, 0.1) is 0 Å². The maximum atomic E-state index is 13.2. The van der Waals surface area contributed by atoms with Crippen LogP contribution in [-0.4, -0.2) is 89.2 Å². The highest BCUT2D eigenvalue weighted by Gasteiger charge is 2.50. The second kappa shape index (κ2) is 54.9. The Morgan fingerprint density at radius 3 is 1.27 bits per heavy atom. The molecule has 0 bridgehead atoms. The number of ether oxygens (including phenoxy) is 5. The predicted octanol–water partition coefficient (Wildman–Crippen LogP) is 16.1. The molecule has 1 rings (SSSR count). The van der Waals surface area contributed by atoms with E-state index < -0.39 is 67.3 Å². The molecule has 0 aromatic heterocycles. The number of aliphatic hydroxyl groups is 2. The highest BCUT2D eigenvalue weighted by molar-refractivity contribution is 5.74. The number of allylic oxidation sites excluding steroid dienone is 26. The van der Waals surface area contributed by atoms with Crippen LogP contribution in [0.25, 0.3) is 0 Å². The van der Waals surface area contributed by atoms with Crippen molar-refractivity contribution in [1.82, 2.24) is 0 Å². The standard InChI is InChI=1S/C69H104O12/c1-4-7-10-13-16-19-22-25-28-30-31-33-36-39-42-45-48-51-54-57-63(72)80-67-65(74)64(73)66(68(75)76)81-69(67)78-59-60(79-62(71)56-53-50-47-44-41-38-34-27-24-21-18-15-12-9-6-3)58-77-61(70)55-52-49-46-43-40-37-35-32-29-26-23-20-17-14-11-8-5-2/h7-8,10-11,16-21,25-29,31,33-35,37,39,42-43,46,48,51,60,64-67,69,73-74H,4-6,9,12-15,22-24,30,32,36,38,40-41,44-45,47,49-50,52-59H2,1-3H3,(H,75,76)/b10-7-,11-8-,19-16-,20-17-,21-18-,28-25-,29-26-,33-31-,34-27-,37-35-,42-39-,46-43-,51-48-. The highest BCUT2D eigenvalue weighted by atomic mass is 16.7. The lowest BCUT2D eigenvalue weighted by Gasteiger charge is -2.40. The second-order valence-corrected chi connectivity index (χ2v) is 19.9. The largest absolute Gasteiger partial charge is 0.479 e. The Labute approximate surface area is 488 Å². The van der Waals surface area contributed by atoms with E-state index in [1.807, 2.05) is 24.3 Å². The molecule has 0 aliphatic carbocycles. The third kappa shape index (κ3) is 44.7. The number of aliphatic hydroxyl groups excluding tert-OH is 2. The van der Waals surface area contributed by atoms with Crippen LogP contribution >= 0.6 is 0 Å². The maximum Gasteiger partial charge on any atom is 0.335 e. The molecule has 6 atom stereocenters. The first-order chi connectivity index (χ1) is 39.6. The van der Waals surface area contributed by atoms with Crippen molar-refractivity contribution in [2.45, 2.75) is 237 Å². The minimum atomic E-state index is -1.95. The molecule has 0 saturated carbocycles. The fraction of sp³-hybridized carbons (Fsp3) is 0.565. The number of carboxylic acids is 1. The summed E-state index contributed by atoms with van der Waals surface area (Å²) in [6.45, 7) is 5.63. The summed E-state index contributed by atoms with van der Waals surface area (Å²) in [5, 5.41) is 31.5. The number of hydrogen-bond donors (Lipinski definition) is 3. The van der Waals surface area contributed by atoms with Gasteiger partial charge in [-0.3, -0.25) is 14.4 Å². The SMILES string of the molecule is CC/C=C\C/C=C\C/C=C\C/C=C\C/C=C\C/C=C\CCC(=O)OC1C(OCC(COC(=O)CCC/C=C\C/C=C\C/C=C\C/C=C\C/C=C\CC)OC(=O)CCCCCCC/C=C\C/C=C\CCCCC)OC(C(=O)O)C(O)C1O. The van der Waals surface area contributed by atoms with Crippen molar-refractivity contribution in [3.05, 3.63) is 158 Å². The molecule has 6 unspecified atom stereocenters. The van der Waals surface area contributed by atoms with Crippen LogP contribution < -0.4 is 0 Å². The molecule has 12 heteroatoms. The minimum Gasteiger partial charge on any atom is -0.479 e. The number of hydrogen-bond acceptors (Lipinski definition) is 11. The molecule has 1 heterocycles. The smallest absolute Gasteiger partial charge is 0.335 e. The first-order valence-corrected chi connectivity index (χ1v) is 30.5. The topological polar surface area (TPSA) is 175 Å².